The zero-order valence-electron chi connectivity index (χ0n) is 83.1. The number of Topliss-reactive ketones (excluding diaryl/α,β-unsaturated/α-hetero) is 2. The van der Waals surface area contributed by atoms with Crippen LogP contribution in [0.2, 0.25) is 0 Å². The van der Waals surface area contributed by atoms with Gasteiger partial charge in [-0.3, -0.25) is 43.2 Å². The molecule has 0 saturated carbocycles. The van der Waals surface area contributed by atoms with Gasteiger partial charge in [0.25, 0.3) is 0 Å². The number of carbonyl (C=O) groups is 12. The molecule has 2 heterocycles. The summed E-state index contributed by atoms with van der Waals surface area (Å²) < 4.78 is 31.2. The summed E-state index contributed by atoms with van der Waals surface area (Å²) >= 11 is 0. The molecule has 10 N–H and O–H groups in total. The van der Waals surface area contributed by atoms with Gasteiger partial charge in [0.2, 0.25) is 17.7 Å². The van der Waals surface area contributed by atoms with Gasteiger partial charge in [-0.15, -0.1) is 0 Å². The SMILES string of the molecule is C=CC(=O)CNC(=O)OC(C)(C)C.CC(C)(C)OC(=O)NCC(=O)CCNCCc1ccccc1.CC[C@@H]1CCN(CCc2ccccc2)C(=O)[C@H](CC(=O)OCc2ccccc2)N1.C[C@@H](CC(=O)OCc1ccccc1)C(=O)N(CCC(=O)CNC(=O)OC(C)(C)C)CCc1ccccc1.NCCc1ccccc1.NC[C@@H]1CCN(CCc2ccccc2)C(=O)[C@H](CC(=O)OCc2ccccc2)N1. The summed E-state index contributed by atoms with van der Waals surface area (Å²) in [6, 6.07) is 78.0. The second-order valence-electron chi connectivity index (χ2n) is 36.5. The molecule has 2 saturated heterocycles. The first-order valence-corrected chi connectivity index (χ1v) is 47.9. The first kappa shape index (κ1) is 116. The van der Waals surface area contributed by atoms with Crippen molar-refractivity contribution in [2.24, 2.45) is 17.4 Å². The van der Waals surface area contributed by atoms with E-state index in [1.807, 2.05) is 204 Å². The minimum absolute atomic E-state index is 0.00397. The normalized spacial score (nSPS) is 14.7. The summed E-state index contributed by atoms with van der Waals surface area (Å²) in [7, 11) is 0. The fourth-order valence-electron chi connectivity index (χ4n) is 13.8. The molecule has 2 aliphatic heterocycles. The van der Waals surface area contributed by atoms with Gasteiger partial charge in [0.15, 0.2) is 17.3 Å². The highest BCUT2D eigenvalue weighted by atomic mass is 16.6. The Hall–Kier alpha value is -13.1. The minimum atomic E-state index is -0.666. The second-order valence-corrected chi connectivity index (χ2v) is 36.5. The van der Waals surface area contributed by atoms with E-state index in [0.29, 0.717) is 58.7 Å². The van der Waals surface area contributed by atoms with Gasteiger partial charge in [0.05, 0.1) is 51.0 Å². The molecule has 2 aliphatic rings. The lowest BCUT2D eigenvalue weighted by molar-refractivity contribution is -0.149. The molecule has 8 aromatic rings. The van der Waals surface area contributed by atoms with Crippen LogP contribution in [-0.2, 0) is 123 Å². The summed E-state index contributed by atoms with van der Waals surface area (Å²) in [4.78, 5) is 151. The van der Waals surface area contributed by atoms with Gasteiger partial charge < -0.3 is 86.5 Å². The summed E-state index contributed by atoms with van der Waals surface area (Å²) in [5.41, 5.74) is 18.2. The molecule has 0 bridgehead atoms. The molecule has 10 rings (SSSR count). The number of rotatable bonds is 42. The number of hydrogen-bond donors (Lipinski definition) is 8. The summed E-state index contributed by atoms with van der Waals surface area (Å²) in [6.45, 7) is 29.1. The second kappa shape index (κ2) is 65.7. The quantitative estimate of drug-likeness (QED) is 0.00762. The van der Waals surface area contributed by atoms with E-state index >= 15 is 0 Å². The maximum Gasteiger partial charge on any atom is 0.408 e. The Morgan fingerprint density at radius 2 is 0.763 bits per heavy atom. The Balaban J connectivity index is 0.000000307. The van der Waals surface area contributed by atoms with Crippen LogP contribution >= 0.6 is 0 Å². The van der Waals surface area contributed by atoms with E-state index in [4.69, 9.17) is 39.9 Å². The van der Waals surface area contributed by atoms with Crippen molar-refractivity contribution in [3.8, 4) is 0 Å². The van der Waals surface area contributed by atoms with Crippen molar-refractivity contribution in [2.45, 2.75) is 220 Å². The third-order valence-corrected chi connectivity index (χ3v) is 21.2. The Morgan fingerprint density at radius 3 is 1.12 bits per heavy atom. The Bertz CT molecular complexity index is 4780. The van der Waals surface area contributed by atoms with Crippen molar-refractivity contribution in [2.75, 3.05) is 85.1 Å². The van der Waals surface area contributed by atoms with Crippen LogP contribution in [0.4, 0.5) is 14.4 Å². The highest BCUT2D eigenvalue weighted by Crippen LogP contribution is 2.20. The predicted octanol–water partition coefficient (Wildman–Crippen LogP) is 14.3. The lowest BCUT2D eigenvalue weighted by Gasteiger charge is -2.26. The fourth-order valence-corrected chi connectivity index (χ4v) is 13.8. The number of ketones is 3. The van der Waals surface area contributed by atoms with Crippen molar-refractivity contribution in [1.29, 1.82) is 0 Å². The van der Waals surface area contributed by atoms with Crippen LogP contribution < -0.4 is 43.4 Å². The third-order valence-electron chi connectivity index (χ3n) is 21.2. The molecule has 29 nitrogen and oxygen atoms in total. The molecule has 6 amide bonds. The number of benzene rings is 8. The molecular formula is C110H149N11O18. The standard InChI is InChI=1S/C29H38N2O6.C24H30N2O3.C23H29N3O3.C17H26N2O3.C9H15NO3.C8H11N/c1-22(19-26(33)36-21-24-13-9-6-10-14-24)27(34)31(17-15-23-11-7-5-8-12-23)18-16-25(32)20-30-28(35)37-29(2,3)4;1-2-21-14-16-26(15-13-19-9-5-3-6-10-19)24(28)22(25-21)17-23(27)29-18-20-11-7-4-8-12-20;24-16-20-12-14-26(13-11-18-7-3-1-4-8-18)23(28)21(25-20)15-22(27)29-17-19-9-5-2-6-10-19;1-17(2,3)22-16(21)19-13-15(20)10-12-18-11-9-14-7-5-4-6-8-14;1-5-7(11)6-10-8(12)13-9(2,3)4;9-7-6-8-4-2-1-3-5-8/h5-14,22H,15-21H2,1-4H3,(H,30,35);3-12,21-22,25H,2,13-18H2,1H3;1-10,20-21,25H,11-17,24H2;4-8,18H,9-13H2,1-3H3,(H,19,21);5H,1,6H2,2-4H3,(H,10,12);1-5H,6-7,9H2/t22-;21-,22+;20-,21-;;;/m010.../s1. The van der Waals surface area contributed by atoms with E-state index in [-0.39, 0.29) is 131 Å². The van der Waals surface area contributed by atoms with E-state index in [9.17, 15) is 57.5 Å². The van der Waals surface area contributed by atoms with Gasteiger partial charge in [-0.2, -0.15) is 0 Å². The highest BCUT2D eigenvalue weighted by molar-refractivity contribution is 5.93. The van der Waals surface area contributed by atoms with Crippen molar-refractivity contribution in [3.63, 3.8) is 0 Å². The average Bonchev–Trinajstić information content (AvgIpc) is 1.73. The number of carbonyl (C=O) groups excluding carboxylic acids is 12. The lowest BCUT2D eigenvalue weighted by Crippen LogP contribution is -2.48. The Labute approximate surface area is 822 Å². The van der Waals surface area contributed by atoms with E-state index in [0.717, 1.165) is 86.4 Å². The number of ether oxygens (including phenoxy) is 6. The van der Waals surface area contributed by atoms with Crippen LogP contribution in [-0.4, -0.2) is 212 Å². The summed E-state index contributed by atoms with van der Waals surface area (Å²) in [6.07, 6.45) is 6.53. The topological polar surface area (TPSA) is 394 Å². The molecule has 752 valence electrons. The zero-order chi connectivity index (χ0) is 102. The number of nitrogens with zero attached hydrogens (tertiary/aromatic N) is 3. The van der Waals surface area contributed by atoms with Gasteiger partial charge in [-0.1, -0.05) is 263 Å². The molecular weight excluding hydrogens is 1760 g/mol. The van der Waals surface area contributed by atoms with Crippen LogP contribution in [0.25, 0.3) is 0 Å². The van der Waals surface area contributed by atoms with Crippen molar-refractivity contribution in [3.05, 3.63) is 300 Å². The summed E-state index contributed by atoms with van der Waals surface area (Å²) in [5.74, 6) is -2.57. The van der Waals surface area contributed by atoms with Crippen molar-refractivity contribution >= 4 is 71.3 Å². The van der Waals surface area contributed by atoms with Gasteiger partial charge in [-0.05, 0) is 177 Å². The number of amides is 6. The van der Waals surface area contributed by atoms with E-state index in [1.165, 1.54) is 22.3 Å². The Kier molecular flexibility index (Phi) is 55.0. The first-order chi connectivity index (χ1) is 66.5. The smallest absolute Gasteiger partial charge is 0.408 e. The lowest BCUT2D eigenvalue weighted by atomic mass is 10.0. The van der Waals surface area contributed by atoms with Gasteiger partial charge in [-0.25, -0.2) is 14.4 Å². The first-order valence-electron chi connectivity index (χ1n) is 47.9. The third kappa shape index (κ3) is 54.0. The van der Waals surface area contributed by atoms with Crippen molar-refractivity contribution in [1.82, 2.24) is 46.6 Å². The van der Waals surface area contributed by atoms with E-state index in [2.05, 4.69) is 93.9 Å². The van der Waals surface area contributed by atoms with Crippen LogP contribution in [0.1, 0.15) is 172 Å². The minimum Gasteiger partial charge on any atom is -0.461 e. The monoisotopic (exact) mass is 1910 g/mol. The van der Waals surface area contributed by atoms with Crippen LogP contribution in [0.15, 0.2) is 255 Å². The number of alkyl carbamates (subject to hydrolysis) is 3. The maximum atomic E-state index is 13.2. The summed E-state index contributed by atoms with van der Waals surface area (Å²) in [5, 5.41) is 17.1. The molecule has 0 spiro atoms. The molecule has 0 aromatic heterocycles. The molecule has 139 heavy (non-hydrogen) atoms. The van der Waals surface area contributed by atoms with Gasteiger partial charge in [0.1, 0.15) is 36.6 Å². The Morgan fingerprint density at radius 1 is 0.432 bits per heavy atom. The number of esters is 3. The maximum absolute atomic E-state index is 13.2. The fraction of sp³-hybridized carbons (Fsp3) is 0.436. The number of hydrogen-bond acceptors (Lipinski definition) is 23. The molecule has 0 aliphatic carbocycles. The number of nitrogens with one attached hydrogen (secondary N) is 6. The van der Waals surface area contributed by atoms with Crippen molar-refractivity contribution < 1.29 is 86.0 Å². The zero-order valence-corrected chi connectivity index (χ0v) is 83.1. The van der Waals surface area contributed by atoms with Gasteiger partial charge >= 0.3 is 36.2 Å². The molecule has 0 radical (unpaired) electrons. The highest BCUT2D eigenvalue weighted by Gasteiger charge is 2.35. The van der Waals surface area contributed by atoms with Gasteiger partial charge in [0, 0.05) is 83.2 Å². The molecule has 0 unspecified atom stereocenters. The molecule has 29 heteroatoms. The number of nitrogens with two attached hydrogens (primary N) is 2. The molecule has 8 aromatic carbocycles. The van der Waals surface area contributed by atoms with Crippen LogP contribution in [0.5, 0.6) is 0 Å². The average molecular weight is 1910 g/mol. The largest absolute Gasteiger partial charge is 0.461 e. The predicted molar refractivity (Wildman–Crippen MR) is 541 cm³/mol. The van der Waals surface area contributed by atoms with E-state index in [1.54, 1.807) is 74.1 Å². The molecule has 2 fully saturated rings. The van der Waals surface area contributed by atoms with Crippen LogP contribution in [0.3, 0.4) is 0 Å². The van der Waals surface area contributed by atoms with Crippen LogP contribution in [0, 0.1) is 5.92 Å². The van der Waals surface area contributed by atoms with E-state index < -0.39 is 59.1 Å². The molecule has 5 atom stereocenters.